The van der Waals surface area contributed by atoms with Crippen molar-refractivity contribution in [3.05, 3.63) is 89.5 Å². The van der Waals surface area contributed by atoms with Crippen molar-refractivity contribution in [1.82, 2.24) is 5.32 Å². The molecule has 180 valence electrons. The van der Waals surface area contributed by atoms with Gasteiger partial charge in [-0.3, -0.25) is 14.4 Å². The number of ether oxygens (including phenoxy) is 1. The lowest BCUT2D eigenvalue weighted by atomic mass is 10.1. The average Bonchev–Trinajstić information content (AvgIpc) is 3.26. The molecule has 0 radical (unpaired) electrons. The Kier molecular flexibility index (Phi) is 7.45. The van der Waals surface area contributed by atoms with Crippen LogP contribution in [0.2, 0.25) is 0 Å². The van der Waals surface area contributed by atoms with E-state index in [2.05, 4.69) is 10.6 Å². The predicted molar refractivity (Wildman–Crippen MR) is 135 cm³/mol. The zero-order chi connectivity index (χ0) is 24.8. The number of carbonyl (C=O) groups excluding carboxylic acids is 3. The summed E-state index contributed by atoms with van der Waals surface area (Å²) in [6.45, 7) is 4.65. The Morgan fingerprint density at radius 2 is 1.71 bits per heavy atom. The molecule has 1 unspecified atom stereocenters. The van der Waals surface area contributed by atoms with Gasteiger partial charge in [0.15, 0.2) is 6.61 Å². The first-order valence-corrected chi connectivity index (χ1v) is 11.6. The largest absolute Gasteiger partial charge is 0.484 e. The van der Waals surface area contributed by atoms with Crippen molar-refractivity contribution in [1.29, 1.82) is 0 Å². The van der Waals surface area contributed by atoms with Gasteiger partial charge in [0.1, 0.15) is 5.75 Å². The fraction of sp³-hybridized carbons (Fsp3) is 0.250. The molecule has 1 atom stereocenters. The SMILES string of the molecule is Cc1ccc(NC(=O)COc2ccc(N3CC(C(=O)NCc4ccccc4)CC3=O)cc2)cc1C. The molecule has 2 N–H and O–H groups in total. The van der Waals surface area contributed by atoms with Crippen molar-refractivity contribution in [2.45, 2.75) is 26.8 Å². The Labute approximate surface area is 205 Å². The summed E-state index contributed by atoms with van der Waals surface area (Å²) in [6, 6.07) is 22.4. The number of amides is 3. The maximum atomic E-state index is 12.6. The van der Waals surface area contributed by atoms with Crippen LogP contribution in [-0.2, 0) is 20.9 Å². The highest BCUT2D eigenvalue weighted by Crippen LogP contribution is 2.27. The van der Waals surface area contributed by atoms with Gasteiger partial charge in [-0.15, -0.1) is 0 Å². The zero-order valence-electron chi connectivity index (χ0n) is 19.9. The minimum Gasteiger partial charge on any atom is -0.484 e. The number of carbonyl (C=O) groups is 3. The van der Waals surface area contributed by atoms with Gasteiger partial charge in [0.05, 0.1) is 5.92 Å². The number of benzene rings is 3. The van der Waals surface area contributed by atoms with Gasteiger partial charge in [0.2, 0.25) is 11.8 Å². The molecule has 1 fully saturated rings. The van der Waals surface area contributed by atoms with E-state index in [-0.39, 0.29) is 30.7 Å². The summed E-state index contributed by atoms with van der Waals surface area (Å²) in [5, 5.41) is 5.74. The molecule has 0 aliphatic carbocycles. The van der Waals surface area contributed by atoms with Crippen LogP contribution in [0.3, 0.4) is 0 Å². The van der Waals surface area contributed by atoms with Crippen molar-refractivity contribution in [2.24, 2.45) is 5.92 Å². The van der Waals surface area contributed by atoms with E-state index in [1.807, 2.05) is 62.4 Å². The average molecular weight is 472 g/mol. The lowest BCUT2D eigenvalue weighted by Gasteiger charge is -2.17. The Balaban J connectivity index is 1.27. The van der Waals surface area contributed by atoms with E-state index in [4.69, 9.17) is 4.74 Å². The van der Waals surface area contributed by atoms with Crippen LogP contribution in [0.15, 0.2) is 72.8 Å². The van der Waals surface area contributed by atoms with E-state index >= 15 is 0 Å². The van der Waals surface area contributed by atoms with Gasteiger partial charge in [0.25, 0.3) is 5.91 Å². The molecule has 1 aliphatic rings. The smallest absolute Gasteiger partial charge is 0.262 e. The molecule has 1 aliphatic heterocycles. The Morgan fingerprint density at radius 1 is 0.971 bits per heavy atom. The molecule has 4 rings (SSSR count). The molecule has 1 heterocycles. The molecular formula is C28H29N3O4. The maximum absolute atomic E-state index is 12.6. The van der Waals surface area contributed by atoms with Crippen LogP contribution in [0.1, 0.15) is 23.1 Å². The first-order chi connectivity index (χ1) is 16.9. The topological polar surface area (TPSA) is 87.7 Å². The first kappa shape index (κ1) is 24.0. The quantitative estimate of drug-likeness (QED) is 0.520. The maximum Gasteiger partial charge on any atom is 0.262 e. The first-order valence-electron chi connectivity index (χ1n) is 11.6. The van der Waals surface area contributed by atoms with Gasteiger partial charge in [-0.1, -0.05) is 36.4 Å². The molecule has 3 amide bonds. The summed E-state index contributed by atoms with van der Waals surface area (Å²) in [4.78, 5) is 38.9. The molecule has 7 nitrogen and oxygen atoms in total. The van der Waals surface area contributed by atoms with E-state index in [1.165, 1.54) is 0 Å². The molecule has 3 aromatic carbocycles. The Bertz CT molecular complexity index is 1210. The van der Waals surface area contributed by atoms with E-state index in [1.54, 1.807) is 29.2 Å². The second-order valence-corrected chi connectivity index (χ2v) is 8.74. The van der Waals surface area contributed by atoms with E-state index < -0.39 is 5.92 Å². The highest BCUT2D eigenvalue weighted by atomic mass is 16.5. The third-order valence-electron chi connectivity index (χ3n) is 6.11. The number of hydrogen-bond donors (Lipinski definition) is 2. The third kappa shape index (κ3) is 6.26. The molecule has 35 heavy (non-hydrogen) atoms. The van der Waals surface area contributed by atoms with Crippen LogP contribution in [0.4, 0.5) is 11.4 Å². The summed E-state index contributed by atoms with van der Waals surface area (Å²) in [7, 11) is 0. The van der Waals surface area contributed by atoms with Gasteiger partial charge in [-0.2, -0.15) is 0 Å². The van der Waals surface area contributed by atoms with E-state index in [0.29, 0.717) is 24.5 Å². The van der Waals surface area contributed by atoms with Crippen LogP contribution < -0.4 is 20.3 Å². The van der Waals surface area contributed by atoms with Gasteiger partial charge < -0.3 is 20.3 Å². The number of anilines is 2. The Hall–Kier alpha value is -4.13. The Morgan fingerprint density at radius 3 is 2.43 bits per heavy atom. The summed E-state index contributed by atoms with van der Waals surface area (Å²) < 4.78 is 5.59. The highest BCUT2D eigenvalue weighted by molar-refractivity contribution is 6.00. The molecule has 3 aromatic rings. The second kappa shape index (κ2) is 10.9. The predicted octanol–water partition coefficient (Wildman–Crippen LogP) is 3.99. The van der Waals surface area contributed by atoms with Crippen LogP contribution in [0.25, 0.3) is 0 Å². The standard InChI is InChI=1S/C28H29N3O4/c1-19-8-9-23(14-20(19)2)30-26(32)18-35-25-12-10-24(11-13-25)31-17-22(15-27(31)33)28(34)29-16-21-6-4-3-5-7-21/h3-14,22H,15-18H2,1-2H3,(H,29,34)(H,30,32). The van der Waals surface area contributed by atoms with Crippen molar-refractivity contribution in [3.8, 4) is 5.75 Å². The van der Waals surface area contributed by atoms with E-state index in [9.17, 15) is 14.4 Å². The second-order valence-electron chi connectivity index (χ2n) is 8.74. The van der Waals surface area contributed by atoms with Gasteiger partial charge in [-0.25, -0.2) is 0 Å². The minimum atomic E-state index is -0.392. The summed E-state index contributed by atoms with van der Waals surface area (Å²) in [5.74, 6) is -0.342. The lowest BCUT2D eigenvalue weighted by Crippen LogP contribution is -2.32. The van der Waals surface area contributed by atoms with Crippen LogP contribution in [-0.4, -0.2) is 30.9 Å². The monoisotopic (exact) mass is 471 g/mol. The van der Waals surface area contributed by atoms with Gasteiger partial charge in [-0.05, 0) is 66.9 Å². The van der Waals surface area contributed by atoms with Gasteiger partial charge in [0, 0.05) is 30.9 Å². The molecule has 0 spiro atoms. The highest BCUT2D eigenvalue weighted by Gasteiger charge is 2.35. The fourth-order valence-electron chi connectivity index (χ4n) is 3.95. The van der Waals surface area contributed by atoms with E-state index in [0.717, 1.165) is 22.4 Å². The lowest BCUT2D eigenvalue weighted by molar-refractivity contribution is -0.126. The zero-order valence-corrected chi connectivity index (χ0v) is 19.9. The van der Waals surface area contributed by atoms with Gasteiger partial charge >= 0.3 is 0 Å². The number of nitrogens with zero attached hydrogens (tertiary/aromatic N) is 1. The molecule has 0 saturated carbocycles. The molecule has 0 bridgehead atoms. The number of aryl methyl sites for hydroxylation is 2. The normalized spacial score (nSPS) is 15.1. The molecule has 1 saturated heterocycles. The number of hydrogen-bond acceptors (Lipinski definition) is 4. The molecule has 7 heteroatoms. The van der Waals surface area contributed by atoms with Crippen molar-refractivity contribution < 1.29 is 19.1 Å². The van der Waals surface area contributed by atoms with Crippen molar-refractivity contribution >= 4 is 29.1 Å². The summed E-state index contributed by atoms with van der Waals surface area (Å²) >= 11 is 0. The summed E-state index contributed by atoms with van der Waals surface area (Å²) in [6.07, 6.45) is 0.178. The van der Waals surface area contributed by atoms with Crippen LogP contribution >= 0.6 is 0 Å². The molecule has 0 aromatic heterocycles. The third-order valence-corrected chi connectivity index (χ3v) is 6.11. The number of nitrogens with one attached hydrogen (secondary N) is 2. The number of rotatable bonds is 8. The molecular weight excluding hydrogens is 442 g/mol. The summed E-state index contributed by atoms with van der Waals surface area (Å²) in [5.41, 5.74) is 4.70. The fourth-order valence-corrected chi connectivity index (χ4v) is 3.95. The van der Waals surface area contributed by atoms with Crippen LogP contribution in [0.5, 0.6) is 5.75 Å². The van der Waals surface area contributed by atoms with Crippen molar-refractivity contribution in [2.75, 3.05) is 23.4 Å². The van der Waals surface area contributed by atoms with Crippen molar-refractivity contribution in [3.63, 3.8) is 0 Å². The minimum absolute atomic E-state index is 0.0914. The van der Waals surface area contributed by atoms with Crippen LogP contribution in [0, 0.1) is 19.8 Å².